The molecule has 25 heavy (non-hydrogen) atoms. The number of aryl methyl sites for hydroxylation is 1. The average Bonchev–Trinajstić information content (AvgIpc) is 3.08. The third kappa shape index (κ3) is 4.12. The number of hydrogen-bond acceptors (Lipinski definition) is 6. The van der Waals surface area contributed by atoms with Gasteiger partial charge in [-0.1, -0.05) is 11.6 Å². The lowest BCUT2D eigenvalue weighted by Gasteiger charge is -2.41. The molecular formula is C19H31N5O. The summed E-state index contributed by atoms with van der Waals surface area (Å²) in [6.07, 6.45) is 6.36. The second kappa shape index (κ2) is 8.15. The molecule has 0 bridgehead atoms. The molecule has 1 saturated heterocycles. The molecule has 1 aromatic heterocycles. The van der Waals surface area contributed by atoms with Crippen molar-refractivity contribution in [3.8, 4) is 0 Å². The summed E-state index contributed by atoms with van der Waals surface area (Å²) in [4.78, 5) is 14.4. The second-order valence-electron chi connectivity index (χ2n) is 7.29. The van der Waals surface area contributed by atoms with E-state index in [2.05, 4.69) is 35.0 Å². The van der Waals surface area contributed by atoms with Crippen molar-refractivity contribution in [1.29, 1.82) is 0 Å². The average molecular weight is 345 g/mol. The first kappa shape index (κ1) is 18.1. The maximum atomic E-state index is 9.48. The zero-order valence-corrected chi connectivity index (χ0v) is 15.8. The first-order chi connectivity index (χ1) is 12.1. The van der Waals surface area contributed by atoms with Crippen molar-refractivity contribution in [2.24, 2.45) is 0 Å². The fourth-order valence-corrected chi connectivity index (χ4v) is 3.81. The lowest BCUT2D eigenvalue weighted by Crippen LogP contribution is -2.54. The summed E-state index contributed by atoms with van der Waals surface area (Å²) in [5.74, 6) is 1.83. The molecule has 2 N–H and O–H groups in total. The van der Waals surface area contributed by atoms with E-state index in [0.717, 1.165) is 57.2 Å². The number of fused-ring (bicyclic) bond motifs is 1. The van der Waals surface area contributed by atoms with E-state index in [1.807, 2.05) is 7.05 Å². The summed E-state index contributed by atoms with van der Waals surface area (Å²) in [5, 5.41) is 12.7. The zero-order valence-electron chi connectivity index (χ0n) is 15.8. The van der Waals surface area contributed by atoms with E-state index >= 15 is 0 Å². The number of aromatic nitrogens is 2. The minimum absolute atomic E-state index is 0.219. The van der Waals surface area contributed by atoms with Gasteiger partial charge in [0.2, 0.25) is 5.95 Å². The summed E-state index contributed by atoms with van der Waals surface area (Å²) in [7, 11) is 1.94. The van der Waals surface area contributed by atoms with Crippen LogP contribution in [0.1, 0.15) is 37.9 Å². The highest BCUT2D eigenvalue weighted by Gasteiger charge is 2.29. The molecule has 0 spiro atoms. The molecule has 0 aromatic carbocycles. The first-order valence-electron chi connectivity index (χ1n) is 9.43. The fraction of sp³-hybridized carbons (Fsp3) is 0.684. The van der Waals surface area contributed by atoms with Crippen LogP contribution in [-0.2, 0) is 12.8 Å². The highest BCUT2D eigenvalue weighted by atomic mass is 16.3. The number of piperazine rings is 1. The van der Waals surface area contributed by atoms with E-state index in [4.69, 9.17) is 9.97 Å². The zero-order chi connectivity index (χ0) is 17.8. The summed E-state index contributed by atoms with van der Waals surface area (Å²) >= 11 is 0. The van der Waals surface area contributed by atoms with Crippen LogP contribution in [0.25, 0.3) is 0 Å². The number of rotatable bonds is 6. The Kier molecular flexibility index (Phi) is 5.91. The maximum Gasteiger partial charge on any atom is 0.227 e. The molecule has 3 rings (SSSR count). The minimum atomic E-state index is 0.219. The number of aliphatic hydroxyl groups is 1. The number of allylic oxidation sites excluding steroid dienone is 1. The third-order valence-electron chi connectivity index (χ3n) is 5.24. The summed E-state index contributed by atoms with van der Waals surface area (Å²) in [5.41, 5.74) is 3.84. The van der Waals surface area contributed by atoms with Gasteiger partial charge in [-0.05, 0) is 39.5 Å². The van der Waals surface area contributed by atoms with Crippen molar-refractivity contribution in [3.63, 3.8) is 0 Å². The molecule has 0 amide bonds. The molecule has 0 radical (unpaired) electrons. The van der Waals surface area contributed by atoms with Crippen LogP contribution < -0.4 is 10.2 Å². The predicted octanol–water partition coefficient (Wildman–Crippen LogP) is 1.85. The molecule has 1 aliphatic carbocycles. The summed E-state index contributed by atoms with van der Waals surface area (Å²) in [6, 6.07) is 0.337. The van der Waals surface area contributed by atoms with Gasteiger partial charge in [-0.2, -0.15) is 4.98 Å². The minimum Gasteiger partial charge on any atom is -0.396 e. The molecule has 0 saturated carbocycles. The molecule has 0 unspecified atom stereocenters. The molecule has 1 fully saturated rings. The van der Waals surface area contributed by atoms with Crippen molar-refractivity contribution < 1.29 is 5.11 Å². The molecule has 6 heteroatoms. The molecule has 138 valence electrons. The van der Waals surface area contributed by atoms with Gasteiger partial charge in [0.15, 0.2) is 0 Å². The van der Waals surface area contributed by atoms with Crippen LogP contribution in [0, 0.1) is 0 Å². The molecule has 1 aliphatic heterocycles. The number of nitrogens with zero attached hydrogens (tertiary/aromatic N) is 4. The van der Waals surface area contributed by atoms with Crippen molar-refractivity contribution >= 4 is 11.8 Å². The van der Waals surface area contributed by atoms with E-state index in [-0.39, 0.29) is 6.61 Å². The lowest BCUT2D eigenvalue weighted by atomic mass is 10.1. The molecule has 1 atom stereocenters. The van der Waals surface area contributed by atoms with Gasteiger partial charge in [0.05, 0.1) is 5.69 Å². The molecule has 6 nitrogen and oxygen atoms in total. The Morgan fingerprint density at radius 2 is 2.12 bits per heavy atom. The van der Waals surface area contributed by atoms with Gasteiger partial charge in [0.1, 0.15) is 5.82 Å². The Balaban J connectivity index is 1.77. The molecule has 1 aromatic rings. The van der Waals surface area contributed by atoms with Gasteiger partial charge >= 0.3 is 0 Å². The summed E-state index contributed by atoms with van der Waals surface area (Å²) < 4.78 is 0. The standard InChI is InChI=1S/C19H31N5O/c1-14(2)7-9-23-10-11-24(13-15(23)8-12-25)19-21-17-6-4-5-16(17)18(20-3)22-19/h7,15,25H,4-6,8-13H2,1-3H3,(H,20,21,22)/t15-/m0/s1. The van der Waals surface area contributed by atoms with Crippen LogP contribution in [0.15, 0.2) is 11.6 Å². The van der Waals surface area contributed by atoms with Crippen LogP contribution in [0.3, 0.4) is 0 Å². The monoisotopic (exact) mass is 345 g/mol. The second-order valence-corrected chi connectivity index (χ2v) is 7.29. The van der Waals surface area contributed by atoms with E-state index in [0.29, 0.717) is 6.04 Å². The van der Waals surface area contributed by atoms with E-state index < -0.39 is 0 Å². The van der Waals surface area contributed by atoms with Crippen LogP contribution in [0.2, 0.25) is 0 Å². The Labute approximate surface area is 151 Å². The van der Waals surface area contributed by atoms with Gasteiger partial charge in [-0.3, -0.25) is 4.90 Å². The van der Waals surface area contributed by atoms with Crippen LogP contribution >= 0.6 is 0 Å². The Morgan fingerprint density at radius 3 is 2.84 bits per heavy atom. The van der Waals surface area contributed by atoms with E-state index in [9.17, 15) is 5.11 Å². The first-order valence-corrected chi connectivity index (χ1v) is 9.43. The Morgan fingerprint density at radius 1 is 1.28 bits per heavy atom. The maximum absolute atomic E-state index is 9.48. The smallest absolute Gasteiger partial charge is 0.227 e. The quantitative estimate of drug-likeness (QED) is 0.767. The fourth-order valence-electron chi connectivity index (χ4n) is 3.81. The number of anilines is 2. The highest BCUT2D eigenvalue weighted by molar-refractivity contribution is 5.53. The highest BCUT2D eigenvalue weighted by Crippen LogP contribution is 2.29. The van der Waals surface area contributed by atoms with Gasteiger partial charge in [0, 0.05) is 51.4 Å². The largest absolute Gasteiger partial charge is 0.396 e. The topological polar surface area (TPSA) is 64.5 Å². The van der Waals surface area contributed by atoms with Crippen molar-refractivity contribution in [3.05, 3.63) is 22.9 Å². The van der Waals surface area contributed by atoms with E-state index in [1.165, 1.54) is 23.3 Å². The van der Waals surface area contributed by atoms with Gasteiger partial charge in [-0.25, -0.2) is 4.98 Å². The molecule has 2 heterocycles. The van der Waals surface area contributed by atoms with Crippen molar-refractivity contribution in [1.82, 2.24) is 14.9 Å². The molecular weight excluding hydrogens is 314 g/mol. The van der Waals surface area contributed by atoms with Crippen LogP contribution in [0.5, 0.6) is 0 Å². The SMILES string of the molecule is CNc1nc(N2CCN(CC=C(C)C)[C@@H](CCO)C2)nc2c1CCC2. The predicted molar refractivity (Wildman–Crippen MR) is 102 cm³/mol. The van der Waals surface area contributed by atoms with Crippen molar-refractivity contribution in [2.75, 3.05) is 50.1 Å². The third-order valence-corrected chi connectivity index (χ3v) is 5.24. The summed E-state index contributed by atoms with van der Waals surface area (Å²) in [6.45, 7) is 8.22. The van der Waals surface area contributed by atoms with Crippen LogP contribution in [0.4, 0.5) is 11.8 Å². The number of hydrogen-bond donors (Lipinski definition) is 2. The molecule has 2 aliphatic rings. The van der Waals surface area contributed by atoms with Gasteiger partial charge < -0.3 is 15.3 Å². The number of aliphatic hydroxyl groups excluding tert-OH is 1. The van der Waals surface area contributed by atoms with Gasteiger partial charge in [0.25, 0.3) is 0 Å². The van der Waals surface area contributed by atoms with E-state index in [1.54, 1.807) is 0 Å². The van der Waals surface area contributed by atoms with Crippen LogP contribution in [-0.4, -0.2) is 65.8 Å². The van der Waals surface area contributed by atoms with Crippen molar-refractivity contribution in [2.45, 2.75) is 45.6 Å². The Bertz CT molecular complexity index is 626. The van der Waals surface area contributed by atoms with Gasteiger partial charge in [-0.15, -0.1) is 0 Å². The lowest BCUT2D eigenvalue weighted by molar-refractivity contribution is 0.154. The normalized spacial score (nSPS) is 20.5. The number of nitrogens with one attached hydrogen (secondary N) is 1. The Hall–Kier alpha value is -1.66.